The molecule has 7 aromatic rings. The first-order valence-electron chi connectivity index (χ1n) is 15.7. The van der Waals surface area contributed by atoms with Crippen LogP contribution in [0.15, 0.2) is 167 Å². The predicted molar refractivity (Wildman–Crippen MR) is 190 cm³/mol. The molecule has 0 bridgehead atoms. The van der Waals surface area contributed by atoms with E-state index in [-0.39, 0.29) is 6.17 Å². The van der Waals surface area contributed by atoms with Gasteiger partial charge in [-0.1, -0.05) is 91.0 Å². The molecule has 1 aromatic heterocycles. The van der Waals surface area contributed by atoms with Gasteiger partial charge < -0.3 is 9.32 Å². The minimum atomic E-state index is -0.0391. The Kier molecular flexibility index (Phi) is 6.23. The molecular formula is C43H27N3O. The van der Waals surface area contributed by atoms with Gasteiger partial charge in [-0.3, -0.25) is 0 Å². The van der Waals surface area contributed by atoms with Crippen molar-refractivity contribution in [3.63, 3.8) is 0 Å². The molecule has 1 atom stereocenters. The van der Waals surface area contributed by atoms with E-state index in [1.807, 2.05) is 36.4 Å². The fourth-order valence-corrected chi connectivity index (χ4v) is 6.68. The minimum Gasteiger partial charge on any atom is -0.456 e. The first-order chi connectivity index (χ1) is 23.2. The molecule has 9 rings (SSSR count). The van der Waals surface area contributed by atoms with Crippen molar-refractivity contribution in [2.75, 3.05) is 0 Å². The summed E-state index contributed by atoms with van der Waals surface area (Å²) in [5.41, 5.74) is 12.6. The Morgan fingerprint density at radius 1 is 0.574 bits per heavy atom. The number of furan rings is 1. The second-order valence-corrected chi connectivity index (χ2v) is 11.9. The monoisotopic (exact) mass is 601 g/mol. The van der Waals surface area contributed by atoms with Gasteiger partial charge in [-0.2, -0.15) is 5.26 Å². The number of amidine groups is 1. The van der Waals surface area contributed by atoms with E-state index in [9.17, 15) is 5.26 Å². The number of hydrogen-bond donors (Lipinski definition) is 0. The molecular weight excluding hydrogens is 574 g/mol. The van der Waals surface area contributed by atoms with Gasteiger partial charge in [0.1, 0.15) is 17.0 Å². The number of benzene rings is 6. The van der Waals surface area contributed by atoms with Gasteiger partial charge in [0, 0.05) is 22.5 Å². The molecule has 2 aliphatic heterocycles. The van der Waals surface area contributed by atoms with Gasteiger partial charge in [0.05, 0.1) is 11.6 Å². The van der Waals surface area contributed by atoms with E-state index >= 15 is 0 Å². The number of hydrogen-bond acceptors (Lipinski definition) is 4. The second-order valence-electron chi connectivity index (χ2n) is 11.9. The summed E-state index contributed by atoms with van der Waals surface area (Å²) in [5.74, 6) is 1.02. The lowest BCUT2D eigenvalue weighted by Crippen LogP contribution is -2.40. The number of allylic oxidation sites excluding steroid dienone is 2. The number of rotatable bonds is 5. The number of fused-ring (bicyclic) bond motifs is 4. The van der Waals surface area contributed by atoms with Crippen LogP contribution in [0, 0.1) is 11.3 Å². The van der Waals surface area contributed by atoms with E-state index in [4.69, 9.17) is 9.41 Å². The fraction of sp³-hybridized carbons (Fsp3) is 0.0233. The van der Waals surface area contributed by atoms with Gasteiger partial charge in [-0.25, -0.2) is 4.99 Å². The molecule has 47 heavy (non-hydrogen) atoms. The van der Waals surface area contributed by atoms with Crippen molar-refractivity contribution < 1.29 is 4.42 Å². The third-order valence-corrected chi connectivity index (χ3v) is 9.12. The van der Waals surface area contributed by atoms with E-state index in [1.54, 1.807) is 0 Å². The molecule has 0 saturated heterocycles. The molecule has 4 nitrogen and oxygen atoms in total. The molecule has 0 saturated carbocycles. The SMILES string of the molecule is N#Cc1ccc(-c2ccc3oc4ccc(-c5cccc(-c6cccc(C7N=C8C(c9ccccc9)=CC=CN87)c6)c5)cc4c3c2)cc1. The fourth-order valence-electron chi connectivity index (χ4n) is 6.68. The van der Waals surface area contributed by atoms with Crippen molar-refractivity contribution in [3.8, 4) is 39.4 Å². The highest BCUT2D eigenvalue weighted by Crippen LogP contribution is 2.40. The van der Waals surface area contributed by atoms with Crippen LogP contribution in [-0.4, -0.2) is 10.7 Å². The topological polar surface area (TPSA) is 52.5 Å². The van der Waals surface area contributed by atoms with Gasteiger partial charge in [-0.15, -0.1) is 0 Å². The normalized spacial score (nSPS) is 15.1. The zero-order valence-corrected chi connectivity index (χ0v) is 25.3. The molecule has 1 unspecified atom stereocenters. The van der Waals surface area contributed by atoms with Crippen LogP contribution in [0.1, 0.15) is 22.9 Å². The van der Waals surface area contributed by atoms with Crippen LogP contribution in [0.4, 0.5) is 0 Å². The summed E-state index contributed by atoms with van der Waals surface area (Å²) in [5, 5.41) is 11.3. The summed E-state index contributed by atoms with van der Waals surface area (Å²) >= 11 is 0. The van der Waals surface area contributed by atoms with Crippen LogP contribution in [0.25, 0.3) is 60.9 Å². The average Bonchev–Trinajstić information content (AvgIpc) is 3.50. The molecule has 0 spiro atoms. The Morgan fingerprint density at radius 2 is 1.17 bits per heavy atom. The van der Waals surface area contributed by atoms with E-state index in [0.29, 0.717) is 5.56 Å². The Morgan fingerprint density at radius 3 is 1.87 bits per heavy atom. The van der Waals surface area contributed by atoms with Crippen molar-refractivity contribution in [1.82, 2.24) is 4.90 Å². The Bertz CT molecular complexity index is 2480. The Labute approximate surface area is 272 Å². The van der Waals surface area contributed by atoms with E-state index < -0.39 is 0 Å². The molecule has 0 radical (unpaired) electrons. The smallest absolute Gasteiger partial charge is 0.154 e. The summed E-state index contributed by atoms with van der Waals surface area (Å²) in [7, 11) is 0. The molecule has 3 heterocycles. The molecule has 0 amide bonds. The van der Waals surface area contributed by atoms with Crippen LogP contribution in [0.2, 0.25) is 0 Å². The van der Waals surface area contributed by atoms with E-state index in [1.165, 1.54) is 11.1 Å². The first kappa shape index (κ1) is 26.9. The first-order valence-corrected chi connectivity index (χ1v) is 15.7. The van der Waals surface area contributed by atoms with Gasteiger partial charge in [-0.05, 0) is 105 Å². The van der Waals surface area contributed by atoms with Crippen LogP contribution < -0.4 is 0 Å². The minimum absolute atomic E-state index is 0.0391. The zero-order chi connectivity index (χ0) is 31.3. The van der Waals surface area contributed by atoms with Gasteiger partial charge in [0.2, 0.25) is 0 Å². The summed E-state index contributed by atoms with van der Waals surface area (Å²) in [4.78, 5) is 7.31. The third-order valence-electron chi connectivity index (χ3n) is 9.12. The van der Waals surface area contributed by atoms with Crippen LogP contribution >= 0.6 is 0 Å². The van der Waals surface area contributed by atoms with Gasteiger partial charge in [0.25, 0.3) is 0 Å². The summed E-state index contributed by atoms with van der Waals surface area (Å²) < 4.78 is 6.22. The van der Waals surface area contributed by atoms with Crippen molar-refractivity contribution in [3.05, 3.63) is 175 Å². The lowest BCUT2D eigenvalue weighted by Gasteiger charge is -2.40. The van der Waals surface area contributed by atoms with Gasteiger partial charge >= 0.3 is 0 Å². The average molecular weight is 602 g/mol. The largest absolute Gasteiger partial charge is 0.456 e. The highest BCUT2D eigenvalue weighted by molar-refractivity contribution is 6.25. The summed E-state index contributed by atoms with van der Waals surface area (Å²) in [6, 6.07) is 50.5. The Balaban J connectivity index is 1.03. The number of nitrogens with zero attached hydrogens (tertiary/aromatic N) is 3. The van der Waals surface area contributed by atoms with Crippen LogP contribution in [0.5, 0.6) is 0 Å². The zero-order valence-electron chi connectivity index (χ0n) is 25.3. The third kappa shape index (κ3) is 4.65. The van der Waals surface area contributed by atoms with Gasteiger partial charge in [0.15, 0.2) is 6.17 Å². The molecule has 4 heteroatoms. The summed E-state index contributed by atoms with van der Waals surface area (Å²) in [6.45, 7) is 0. The lowest BCUT2D eigenvalue weighted by molar-refractivity contribution is 0.369. The summed E-state index contributed by atoms with van der Waals surface area (Å²) in [6.07, 6.45) is 6.33. The molecule has 0 aliphatic carbocycles. The number of nitriles is 1. The molecule has 0 fully saturated rings. The van der Waals surface area contributed by atoms with E-state index in [2.05, 4.69) is 132 Å². The molecule has 220 valence electrons. The predicted octanol–water partition coefficient (Wildman–Crippen LogP) is 10.8. The Hall–Kier alpha value is -6.44. The maximum absolute atomic E-state index is 9.19. The standard InChI is InChI=1S/C43H27N3O/c44-27-28-14-16-29(17-15-28)34-18-20-40-38(25-34)39-26-35(19-21-41(39)47-40)32-10-4-9-31(23-32)33-11-5-12-36(24-33)42-45-43-37(13-6-22-46(42)43)30-7-2-1-3-8-30/h1-26,42H. The number of aliphatic imine (C=N–C) groups is 1. The quantitative estimate of drug-likeness (QED) is 0.197. The lowest BCUT2D eigenvalue weighted by atomic mass is 9.94. The van der Waals surface area contributed by atoms with Crippen molar-refractivity contribution in [2.24, 2.45) is 4.99 Å². The highest BCUT2D eigenvalue weighted by atomic mass is 16.3. The van der Waals surface area contributed by atoms with Crippen molar-refractivity contribution in [2.45, 2.75) is 6.17 Å². The molecule has 2 aliphatic rings. The van der Waals surface area contributed by atoms with Crippen molar-refractivity contribution >= 4 is 33.3 Å². The maximum Gasteiger partial charge on any atom is 0.154 e. The van der Waals surface area contributed by atoms with E-state index in [0.717, 1.165) is 66.7 Å². The van der Waals surface area contributed by atoms with Crippen molar-refractivity contribution in [1.29, 1.82) is 5.26 Å². The second kappa shape index (κ2) is 10.9. The van der Waals surface area contributed by atoms with Crippen LogP contribution in [-0.2, 0) is 0 Å². The molecule has 0 N–H and O–H groups in total. The maximum atomic E-state index is 9.19. The molecule has 6 aromatic carbocycles. The van der Waals surface area contributed by atoms with Crippen LogP contribution in [0.3, 0.4) is 0 Å². The highest BCUT2D eigenvalue weighted by Gasteiger charge is 2.34.